The van der Waals surface area contributed by atoms with Crippen molar-refractivity contribution in [2.24, 2.45) is 0 Å². The summed E-state index contributed by atoms with van der Waals surface area (Å²) in [6.45, 7) is 0. The molecule has 1 aromatic carbocycles. The molecule has 0 aliphatic heterocycles. The fourth-order valence-electron chi connectivity index (χ4n) is 1.60. The lowest BCUT2D eigenvalue weighted by molar-refractivity contribution is 0.354. The molecule has 2 N–H and O–H groups in total. The van der Waals surface area contributed by atoms with Crippen molar-refractivity contribution in [1.82, 2.24) is 15.0 Å². The van der Waals surface area contributed by atoms with Gasteiger partial charge in [-0.1, -0.05) is 6.07 Å². The molecular formula is C12H14N4O2. The first-order chi connectivity index (χ1) is 8.72. The molecule has 0 spiro atoms. The summed E-state index contributed by atoms with van der Waals surface area (Å²) in [6, 6.07) is 5.67. The lowest BCUT2D eigenvalue weighted by Gasteiger charge is -2.09. The van der Waals surface area contributed by atoms with E-state index in [-0.39, 0.29) is 5.95 Å². The molecule has 0 saturated heterocycles. The SMILES string of the molecule is COc1ccc(Cc2ncnc(N)n2)cc1OC. The zero-order valence-electron chi connectivity index (χ0n) is 10.3. The first kappa shape index (κ1) is 12.1. The summed E-state index contributed by atoms with van der Waals surface area (Å²) in [6.07, 6.45) is 1.96. The van der Waals surface area contributed by atoms with Crippen molar-refractivity contribution in [2.45, 2.75) is 6.42 Å². The van der Waals surface area contributed by atoms with Crippen molar-refractivity contribution in [3.05, 3.63) is 35.9 Å². The van der Waals surface area contributed by atoms with Crippen LogP contribution in [-0.4, -0.2) is 29.2 Å². The van der Waals surface area contributed by atoms with Crippen LogP contribution in [0.3, 0.4) is 0 Å². The van der Waals surface area contributed by atoms with Crippen molar-refractivity contribution in [1.29, 1.82) is 0 Å². The molecule has 2 rings (SSSR count). The van der Waals surface area contributed by atoms with E-state index in [1.807, 2.05) is 18.2 Å². The van der Waals surface area contributed by atoms with Crippen LogP contribution in [0.25, 0.3) is 0 Å². The van der Waals surface area contributed by atoms with Crippen LogP contribution in [0.15, 0.2) is 24.5 Å². The summed E-state index contributed by atoms with van der Waals surface area (Å²) >= 11 is 0. The molecule has 0 aliphatic rings. The van der Waals surface area contributed by atoms with Gasteiger partial charge in [-0.3, -0.25) is 0 Å². The van der Waals surface area contributed by atoms with E-state index in [1.54, 1.807) is 14.2 Å². The Balaban J connectivity index is 2.24. The molecule has 1 aromatic heterocycles. The van der Waals surface area contributed by atoms with E-state index in [0.29, 0.717) is 23.7 Å². The van der Waals surface area contributed by atoms with E-state index in [9.17, 15) is 0 Å². The average Bonchev–Trinajstić information content (AvgIpc) is 2.38. The number of nitrogens with zero attached hydrogens (tertiary/aromatic N) is 3. The topological polar surface area (TPSA) is 83.2 Å². The third-order valence-corrected chi connectivity index (χ3v) is 2.45. The number of hydrogen-bond donors (Lipinski definition) is 1. The van der Waals surface area contributed by atoms with Gasteiger partial charge in [-0.25, -0.2) is 9.97 Å². The first-order valence-electron chi connectivity index (χ1n) is 5.37. The Labute approximate surface area is 105 Å². The number of hydrogen-bond acceptors (Lipinski definition) is 6. The minimum absolute atomic E-state index is 0.223. The highest BCUT2D eigenvalue weighted by Crippen LogP contribution is 2.28. The van der Waals surface area contributed by atoms with Gasteiger partial charge in [0.05, 0.1) is 14.2 Å². The maximum absolute atomic E-state index is 5.51. The lowest BCUT2D eigenvalue weighted by atomic mass is 10.1. The van der Waals surface area contributed by atoms with E-state index in [1.165, 1.54) is 6.33 Å². The second-order valence-corrected chi connectivity index (χ2v) is 3.63. The largest absolute Gasteiger partial charge is 0.493 e. The molecular weight excluding hydrogens is 232 g/mol. The summed E-state index contributed by atoms with van der Waals surface area (Å²) in [5, 5.41) is 0. The van der Waals surface area contributed by atoms with Gasteiger partial charge in [0.25, 0.3) is 0 Å². The van der Waals surface area contributed by atoms with E-state index >= 15 is 0 Å². The smallest absolute Gasteiger partial charge is 0.223 e. The minimum Gasteiger partial charge on any atom is -0.493 e. The van der Waals surface area contributed by atoms with Crippen LogP contribution in [0.2, 0.25) is 0 Å². The van der Waals surface area contributed by atoms with Crippen LogP contribution in [0, 0.1) is 0 Å². The Morgan fingerprint density at radius 1 is 1.11 bits per heavy atom. The molecule has 0 unspecified atom stereocenters. The third kappa shape index (κ3) is 2.65. The molecule has 1 heterocycles. The van der Waals surface area contributed by atoms with Crippen LogP contribution >= 0.6 is 0 Å². The Bertz CT molecular complexity index is 545. The monoisotopic (exact) mass is 246 g/mol. The maximum Gasteiger partial charge on any atom is 0.223 e. The molecule has 94 valence electrons. The van der Waals surface area contributed by atoms with Crippen molar-refractivity contribution in [3.8, 4) is 11.5 Å². The summed E-state index contributed by atoms with van der Waals surface area (Å²) in [5.74, 6) is 2.21. The van der Waals surface area contributed by atoms with Crippen LogP contribution in [0.5, 0.6) is 11.5 Å². The molecule has 0 aliphatic carbocycles. The van der Waals surface area contributed by atoms with Crippen molar-refractivity contribution in [2.75, 3.05) is 20.0 Å². The molecule has 0 bridgehead atoms. The molecule has 0 amide bonds. The van der Waals surface area contributed by atoms with Crippen molar-refractivity contribution < 1.29 is 9.47 Å². The quantitative estimate of drug-likeness (QED) is 0.868. The molecule has 6 nitrogen and oxygen atoms in total. The maximum atomic E-state index is 5.51. The van der Waals surface area contributed by atoms with Gasteiger partial charge in [0.1, 0.15) is 12.2 Å². The Morgan fingerprint density at radius 2 is 1.89 bits per heavy atom. The highest BCUT2D eigenvalue weighted by atomic mass is 16.5. The summed E-state index contributed by atoms with van der Waals surface area (Å²) in [4.78, 5) is 11.9. The van der Waals surface area contributed by atoms with Gasteiger partial charge in [0, 0.05) is 6.42 Å². The molecule has 2 aromatic rings. The fourth-order valence-corrected chi connectivity index (χ4v) is 1.60. The molecule has 0 radical (unpaired) electrons. The summed E-state index contributed by atoms with van der Waals surface area (Å²) in [5.41, 5.74) is 6.52. The van der Waals surface area contributed by atoms with Gasteiger partial charge < -0.3 is 15.2 Å². The van der Waals surface area contributed by atoms with Crippen molar-refractivity contribution >= 4 is 5.95 Å². The molecule has 6 heteroatoms. The van der Waals surface area contributed by atoms with E-state index in [2.05, 4.69) is 15.0 Å². The molecule has 0 fully saturated rings. The average molecular weight is 246 g/mol. The predicted molar refractivity (Wildman–Crippen MR) is 66.6 cm³/mol. The molecule has 0 atom stereocenters. The number of methoxy groups -OCH3 is 2. The first-order valence-corrected chi connectivity index (χ1v) is 5.37. The number of nitrogen functional groups attached to an aromatic ring is 1. The van der Waals surface area contributed by atoms with Gasteiger partial charge in [-0.05, 0) is 17.7 Å². The predicted octanol–water partition coefficient (Wildman–Crippen LogP) is 1.06. The van der Waals surface area contributed by atoms with E-state index in [4.69, 9.17) is 15.2 Å². The normalized spacial score (nSPS) is 10.1. The van der Waals surface area contributed by atoms with Crippen molar-refractivity contribution in [3.63, 3.8) is 0 Å². The van der Waals surface area contributed by atoms with Gasteiger partial charge in [-0.15, -0.1) is 0 Å². The Kier molecular flexibility index (Phi) is 3.57. The Hall–Kier alpha value is -2.37. The zero-order valence-corrected chi connectivity index (χ0v) is 10.3. The van der Waals surface area contributed by atoms with Gasteiger partial charge in [0.15, 0.2) is 11.5 Å². The van der Waals surface area contributed by atoms with Gasteiger partial charge in [-0.2, -0.15) is 4.98 Å². The number of nitrogens with two attached hydrogens (primary N) is 1. The van der Waals surface area contributed by atoms with Crippen LogP contribution in [0.4, 0.5) is 5.95 Å². The summed E-state index contributed by atoms with van der Waals surface area (Å²) in [7, 11) is 3.20. The number of anilines is 1. The second kappa shape index (κ2) is 5.31. The van der Waals surface area contributed by atoms with Crippen LogP contribution in [0.1, 0.15) is 11.4 Å². The lowest BCUT2D eigenvalue weighted by Crippen LogP contribution is -2.02. The van der Waals surface area contributed by atoms with E-state index < -0.39 is 0 Å². The van der Waals surface area contributed by atoms with Crippen LogP contribution < -0.4 is 15.2 Å². The minimum atomic E-state index is 0.223. The number of benzene rings is 1. The standard InChI is InChI=1S/C12H14N4O2/c1-17-9-4-3-8(5-10(9)18-2)6-11-14-7-15-12(13)16-11/h3-5,7H,6H2,1-2H3,(H2,13,14,15,16). The number of rotatable bonds is 4. The highest BCUT2D eigenvalue weighted by molar-refractivity contribution is 5.43. The van der Waals surface area contributed by atoms with Gasteiger partial charge >= 0.3 is 0 Å². The second-order valence-electron chi connectivity index (χ2n) is 3.63. The highest BCUT2D eigenvalue weighted by Gasteiger charge is 2.06. The van der Waals surface area contributed by atoms with E-state index in [0.717, 1.165) is 5.56 Å². The number of ether oxygens (including phenoxy) is 2. The third-order valence-electron chi connectivity index (χ3n) is 2.45. The van der Waals surface area contributed by atoms with Crippen LogP contribution in [-0.2, 0) is 6.42 Å². The Morgan fingerprint density at radius 3 is 2.56 bits per heavy atom. The number of aromatic nitrogens is 3. The molecule has 0 saturated carbocycles. The van der Waals surface area contributed by atoms with Gasteiger partial charge in [0.2, 0.25) is 5.95 Å². The fraction of sp³-hybridized carbons (Fsp3) is 0.250. The summed E-state index contributed by atoms with van der Waals surface area (Å²) < 4.78 is 10.4. The zero-order chi connectivity index (χ0) is 13.0. The molecule has 18 heavy (non-hydrogen) atoms.